The van der Waals surface area contributed by atoms with Gasteiger partial charge in [0.2, 0.25) is 5.91 Å². The van der Waals surface area contributed by atoms with Gasteiger partial charge in [-0.05, 0) is 24.1 Å². The van der Waals surface area contributed by atoms with Crippen LogP contribution >= 0.6 is 35.0 Å². The molecule has 1 amide bonds. The Labute approximate surface area is 135 Å². The molecule has 0 radical (unpaired) electrons. The van der Waals surface area contributed by atoms with E-state index in [1.54, 1.807) is 18.2 Å². The van der Waals surface area contributed by atoms with E-state index in [0.29, 0.717) is 29.4 Å². The van der Waals surface area contributed by atoms with E-state index in [1.165, 1.54) is 0 Å². The summed E-state index contributed by atoms with van der Waals surface area (Å²) in [5.41, 5.74) is 0.843. The van der Waals surface area contributed by atoms with Crippen molar-refractivity contribution in [3.8, 4) is 0 Å². The highest BCUT2D eigenvalue weighted by molar-refractivity contribution is 8.00. The molecule has 0 aromatic heterocycles. The molecule has 5 heteroatoms. The van der Waals surface area contributed by atoms with Crippen LogP contribution in [0.25, 0.3) is 0 Å². The van der Waals surface area contributed by atoms with Gasteiger partial charge in [-0.15, -0.1) is 0 Å². The maximum absolute atomic E-state index is 11.8. The van der Waals surface area contributed by atoms with Crippen molar-refractivity contribution in [3.63, 3.8) is 0 Å². The number of rotatable bonds is 6. The Balaban J connectivity index is 2.30. The number of amides is 1. The summed E-state index contributed by atoms with van der Waals surface area (Å²) in [6, 6.07) is 5.39. The van der Waals surface area contributed by atoms with Crippen molar-refractivity contribution in [1.82, 2.24) is 5.32 Å². The summed E-state index contributed by atoms with van der Waals surface area (Å²) in [5.74, 6) is 0.956. The van der Waals surface area contributed by atoms with Crippen molar-refractivity contribution in [2.45, 2.75) is 38.4 Å². The lowest BCUT2D eigenvalue weighted by molar-refractivity contribution is -0.120. The summed E-state index contributed by atoms with van der Waals surface area (Å²) in [4.78, 5) is 11.8. The first-order chi connectivity index (χ1) is 9.29. The number of hydrogen-bond acceptors (Lipinski definition) is 2. The van der Waals surface area contributed by atoms with Gasteiger partial charge in [-0.1, -0.05) is 50.0 Å². The van der Waals surface area contributed by atoms with Crippen LogP contribution in [0.15, 0.2) is 18.2 Å². The van der Waals surface area contributed by atoms with Crippen LogP contribution in [0.1, 0.15) is 32.8 Å². The Morgan fingerprint density at radius 2 is 1.85 bits per heavy atom. The second-order valence-electron chi connectivity index (χ2n) is 5.51. The first-order valence-corrected chi connectivity index (χ1v) is 8.37. The van der Waals surface area contributed by atoms with E-state index in [2.05, 4.69) is 26.1 Å². The molecule has 0 unspecified atom stereocenters. The van der Waals surface area contributed by atoms with Gasteiger partial charge < -0.3 is 5.32 Å². The van der Waals surface area contributed by atoms with E-state index in [0.717, 1.165) is 11.3 Å². The average Bonchev–Trinajstić information content (AvgIpc) is 2.33. The van der Waals surface area contributed by atoms with E-state index >= 15 is 0 Å². The molecule has 0 spiro atoms. The van der Waals surface area contributed by atoms with E-state index in [1.807, 2.05) is 11.8 Å². The first-order valence-electron chi connectivity index (χ1n) is 6.63. The highest BCUT2D eigenvalue weighted by Crippen LogP contribution is 2.25. The van der Waals surface area contributed by atoms with Gasteiger partial charge in [0.05, 0.1) is 0 Å². The van der Waals surface area contributed by atoms with Crippen LogP contribution in [0, 0.1) is 0 Å². The van der Waals surface area contributed by atoms with Gasteiger partial charge in [0.1, 0.15) is 0 Å². The van der Waals surface area contributed by atoms with Crippen molar-refractivity contribution < 1.29 is 4.79 Å². The Kier molecular flexibility index (Phi) is 7.21. The maximum atomic E-state index is 11.8. The summed E-state index contributed by atoms with van der Waals surface area (Å²) in [7, 11) is 0. The average molecular weight is 334 g/mol. The van der Waals surface area contributed by atoms with E-state index in [9.17, 15) is 4.79 Å². The van der Waals surface area contributed by atoms with Crippen molar-refractivity contribution in [3.05, 3.63) is 33.8 Å². The molecule has 112 valence electrons. The summed E-state index contributed by atoms with van der Waals surface area (Å²) >= 11 is 14.0. The van der Waals surface area contributed by atoms with Crippen LogP contribution in [-0.4, -0.2) is 23.0 Å². The van der Waals surface area contributed by atoms with E-state index in [4.69, 9.17) is 23.2 Å². The predicted molar refractivity (Wildman–Crippen MR) is 90.0 cm³/mol. The minimum Gasteiger partial charge on any atom is -0.355 e. The van der Waals surface area contributed by atoms with E-state index < -0.39 is 0 Å². The molecule has 0 atom stereocenters. The Bertz CT molecular complexity index is 437. The molecule has 0 fully saturated rings. The van der Waals surface area contributed by atoms with E-state index in [-0.39, 0.29) is 10.7 Å². The number of benzene rings is 1. The zero-order valence-corrected chi connectivity index (χ0v) is 14.5. The number of nitrogens with one attached hydrogen (secondary N) is 1. The molecule has 1 aromatic carbocycles. The maximum Gasteiger partial charge on any atom is 0.220 e. The largest absolute Gasteiger partial charge is 0.355 e. The monoisotopic (exact) mass is 333 g/mol. The second kappa shape index (κ2) is 8.16. The summed E-state index contributed by atoms with van der Waals surface area (Å²) in [5, 5.41) is 4.16. The lowest BCUT2D eigenvalue weighted by Gasteiger charge is -2.17. The highest BCUT2D eigenvalue weighted by atomic mass is 35.5. The van der Waals surface area contributed by atoms with Gasteiger partial charge in [-0.25, -0.2) is 0 Å². The molecular weight excluding hydrogens is 313 g/mol. The van der Waals surface area contributed by atoms with Crippen molar-refractivity contribution in [2.24, 2.45) is 0 Å². The zero-order valence-electron chi connectivity index (χ0n) is 12.1. The van der Waals surface area contributed by atoms with Crippen molar-refractivity contribution in [1.29, 1.82) is 0 Å². The molecule has 2 nitrogen and oxygen atoms in total. The van der Waals surface area contributed by atoms with Gasteiger partial charge in [-0.3, -0.25) is 4.79 Å². The third-order valence-electron chi connectivity index (χ3n) is 2.62. The molecule has 1 aromatic rings. The zero-order chi connectivity index (χ0) is 15.2. The minimum absolute atomic E-state index is 0.0375. The summed E-state index contributed by atoms with van der Waals surface area (Å²) in [6.07, 6.45) is 0.973. The standard InChI is InChI=1S/C15H21Cl2NOS/c1-15(2,3)20-10-9-18-14(19)8-7-11-12(16)5-4-6-13(11)17/h4-6H,7-10H2,1-3H3,(H,18,19). The second-order valence-corrected chi connectivity index (χ2v) is 8.25. The van der Waals surface area contributed by atoms with Gasteiger partial charge in [-0.2, -0.15) is 11.8 Å². The lowest BCUT2D eigenvalue weighted by Crippen LogP contribution is -2.27. The Morgan fingerprint density at radius 3 is 2.40 bits per heavy atom. The molecule has 0 saturated carbocycles. The molecule has 0 aliphatic heterocycles. The Morgan fingerprint density at radius 1 is 1.25 bits per heavy atom. The Hall–Kier alpha value is -0.380. The van der Waals surface area contributed by atoms with Crippen LogP contribution in [0.2, 0.25) is 10.0 Å². The van der Waals surface area contributed by atoms with Crippen LogP contribution in [0.4, 0.5) is 0 Å². The highest BCUT2D eigenvalue weighted by Gasteiger charge is 2.11. The molecule has 0 aliphatic carbocycles. The van der Waals surface area contributed by atoms with Crippen LogP contribution in [-0.2, 0) is 11.2 Å². The van der Waals surface area contributed by atoms with Crippen LogP contribution < -0.4 is 5.32 Å². The van der Waals surface area contributed by atoms with Crippen LogP contribution in [0.5, 0.6) is 0 Å². The topological polar surface area (TPSA) is 29.1 Å². The van der Waals surface area contributed by atoms with Gasteiger partial charge in [0, 0.05) is 33.5 Å². The summed E-state index contributed by atoms with van der Waals surface area (Å²) < 4.78 is 0.232. The number of carbonyl (C=O) groups is 1. The smallest absolute Gasteiger partial charge is 0.220 e. The van der Waals surface area contributed by atoms with Gasteiger partial charge >= 0.3 is 0 Å². The molecule has 0 saturated heterocycles. The van der Waals surface area contributed by atoms with Crippen LogP contribution in [0.3, 0.4) is 0 Å². The SMILES string of the molecule is CC(C)(C)SCCNC(=O)CCc1c(Cl)cccc1Cl. The normalized spacial score (nSPS) is 11.4. The number of thioether (sulfide) groups is 1. The van der Waals surface area contributed by atoms with Gasteiger partial charge in [0.15, 0.2) is 0 Å². The minimum atomic E-state index is 0.0375. The fourth-order valence-corrected chi connectivity index (χ4v) is 3.05. The third kappa shape index (κ3) is 6.87. The first kappa shape index (κ1) is 17.7. The summed E-state index contributed by atoms with van der Waals surface area (Å²) in [6.45, 7) is 7.19. The number of carbonyl (C=O) groups excluding carboxylic acids is 1. The number of halogens is 2. The molecule has 1 N–H and O–H groups in total. The van der Waals surface area contributed by atoms with Gasteiger partial charge in [0.25, 0.3) is 0 Å². The molecule has 0 aliphatic rings. The molecule has 1 rings (SSSR count). The number of hydrogen-bond donors (Lipinski definition) is 1. The quantitative estimate of drug-likeness (QED) is 0.772. The predicted octanol–water partition coefficient (Wildman–Crippen LogP) is 4.57. The van der Waals surface area contributed by atoms with Crippen molar-refractivity contribution >= 4 is 40.9 Å². The fraction of sp³-hybridized carbons (Fsp3) is 0.533. The molecule has 0 bridgehead atoms. The van der Waals surface area contributed by atoms with Crippen molar-refractivity contribution in [2.75, 3.05) is 12.3 Å². The third-order valence-corrected chi connectivity index (χ3v) is 4.61. The lowest BCUT2D eigenvalue weighted by atomic mass is 10.1. The molecular formula is C15H21Cl2NOS. The fourth-order valence-electron chi connectivity index (χ4n) is 1.65. The molecule has 0 heterocycles. The molecule has 20 heavy (non-hydrogen) atoms.